The summed E-state index contributed by atoms with van der Waals surface area (Å²) in [5, 5.41) is 21.6. The summed E-state index contributed by atoms with van der Waals surface area (Å²) < 4.78 is 0. The van der Waals surface area contributed by atoms with Crippen LogP contribution in [0.25, 0.3) is 0 Å². The lowest BCUT2D eigenvalue weighted by Gasteiger charge is -2.58. The number of fused-ring (bicyclic) bond motifs is 5. The van der Waals surface area contributed by atoms with Crippen LogP contribution in [0.15, 0.2) is 11.6 Å². The molecular weight excluding hydrogens is 392 g/mol. The van der Waals surface area contributed by atoms with Crippen molar-refractivity contribution in [3.63, 3.8) is 0 Å². The Morgan fingerprint density at radius 1 is 1.03 bits per heavy atom. The third-order valence-electron chi connectivity index (χ3n) is 11.5. The second kappa shape index (κ2) is 9.37. The van der Waals surface area contributed by atoms with E-state index < -0.39 is 0 Å². The van der Waals surface area contributed by atoms with Gasteiger partial charge in [0, 0.05) is 0 Å². The van der Waals surface area contributed by atoms with E-state index in [-0.39, 0.29) is 12.2 Å². The molecule has 0 amide bonds. The average Bonchev–Trinajstić information content (AvgIpc) is 3.10. The van der Waals surface area contributed by atoms with Gasteiger partial charge in [0.05, 0.1) is 12.2 Å². The minimum absolute atomic E-state index is 0.111. The molecule has 0 spiro atoms. The average molecular weight is 445 g/mol. The topological polar surface area (TPSA) is 40.5 Å². The summed E-state index contributed by atoms with van der Waals surface area (Å²) in [6, 6.07) is 0. The van der Waals surface area contributed by atoms with Crippen LogP contribution in [0.2, 0.25) is 0 Å². The zero-order chi connectivity index (χ0) is 23.3. The van der Waals surface area contributed by atoms with Crippen molar-refractivity contribution in [1.82, 2.24) is 0 Å². The summed E-state index contributed by atoms with van der Waals surface area (Å²) in [5.74, 6) is 4.84. The molecule has 0 aromatic carbocycles. The Morgan fingerprint density at radius 3 is 2.47 bits per heavy atom. The van der Waals surface area contributed by atoms with E-state index in [4.69, 9.17) is 0 Å². The number of rotatable bonds is 7. The second-order valence-electron chi connectivity index (χ2n) is 13.3. The van der Waals surface area contributed by atoms with Crippen LogP contribution in [0.1, 0.15) is 112 Å². The Morgan fingerprint density at radius 2 is 1.78 bits per heavy atom. The Hall–Kier alpha value is -0.340. The quantitative estimate of drug-likeness (QED) is 0.402. The molecule has 4 aliphatic rings. The van der Waals surface area contributed by atoms with E-state index in [1.807, 2.05) is 0 Å². The highest BCUT2D eigenvalue weighted by molar-refractivity contribution is 5.25. The number of aliphatic hydroxyl groups excluding tert-OH is 2. The number of allylic oxidation sites excluding steroid dienone is 1. The molecule has 3 fully saturated rings. The maximum atomic E-state index is 11.3. The van der Waals surface area contributed by atoms with Crippen molar-refractivity contribution in [2.45, 2.75) is 124 Å². The molecular formula is C30H52O2. The van der Waals surface area contributed by atoms with Gasteiger partial charge in [0.25, 0.3) is 0 Å². The van der Waals surface area contributed by atoms with Gasteiger partial charge in [-0.2, -0.15) is 0 Å². The highest BCUT2D eigenvalue weighted by Crippen LogP contribution is 2.67. The second-order valence-corrected chi connectivity index (χ2v) is 13.3. The smallest absolute Gasteiger partial charge is 0.0577 e. The van der Waals surface area contributed by atoms with Crippen LogP contribution in [-0.2, 0) is 0 Å². The standard InChI is InChI=1S/C30H52O2/c1-7-8-21(19(2)3)17-28(32)20(4)25-11-12-26-24-10-9-22-18-23(31)13-15-29(22,5)27(24)14-16-30(25,26)6/h9,19-21,23-28,31-32H,7-8,10-18H2,1-6H3/t20-,21+,23-,24?,25?,26?,27?,28+,29-,30+/m0/s1. The van der Waals surface area contributed by atoms with Crippen molar-refractivity contribution in [3.8, 4) is 0 Å². The third-order valence-corrected chi connectivity index (χ3v) is 11.5. The van der Waals surface area contributed by atoms with E-state index in [1.54, 1.807) is 5.57 Å². The zero-order valence-corrected chi connectivity index (χ0v) is 21.9. The molecule has 2 N–H and O–H groups in total. The molecule has 2 nitrogen and oxygen atoms in total. The van der Waals surface area contributed by atoms with E-state index in [0.29, 0.717) is 34.5 Å². The highest BCUT2D eigenvalue weighted by atomic mass is 16.3. The Bertz CT molecular complexity index is 682. The summed E-state index contributed by atoms with van der Waals surface area (Å²) in [5.41, 5.74) is 2.31. The lowest BCUT2D eigenvalue weighted by Crippen LogP contribution is -2.51. The number of hydrogen-bond acceptors (Lipinski definition) is 2. The van der Waals surface area contributed by atoms with Crippen LogP contribution < -0.4 is 0 Å². The van der Waals surface area contributed by atoms with Gasteiger partial charge < -0.3 is 10.2 Å². The lowest BCUT2D eigenvalue weighted by molar-refractivity contribution is -0.0696. The SMILES string of the molecule is CCC[C@H](C[C@@H](O)[C@@H](C)C1CCC2C3CC=C4C[C@@H](O)CC[C@]4(C)C3CC[C@@]21C)C(C)C. The van der Waals surface area contributed by atoms with Crippen LogP contribution in [0.4, 0.5) is 0 Å². The summed E-state index contributed by atoms with van der Waals surface area (Å²) in [6.07, 6.45) is 15.4. The van der Waals surface area contributed by atoms with E-state index >= 15 is 0 Å². The van der Waals surface area contributed by atoms with Crippen LogP contribution in [0, 0.1) is 52.3 Å². The maximum absolute atomic E-state index is 11.3. The molecule has 184 valence electrons. The van der Waals surface area contributed by atoms with Crippen molar-refractivity contribution in [2.24, 2.45) is 52.3 Å². The van der Waals surface area contributed by atoms with Crippen molar-refractivity contribution >= 4 is 0 Å². The number of hydrogen-bond donors (Lipinski definition) is 2. The van der Waals surface area contributed by atoms with Crippen LogP contribution in [0.5, 0.6) is 0 Å². The van der Waals surface area contributed by atoms with Gasteiger partial charge in [-0.3, -0.25) is 0 Å². The molecule has 3 saturated carbocycles. The summed E-state index contributed by atoms with van der Waals surface area (Å²) in [7, 11) is 0. The fourth-order valence-corrected chi connectivity index (χ4v) is 9.43. The third kappa shape index (κ3) is 4.15. The van der Waals surface area contributed by atoms with Crippen LogP contribution in [-0.4, -0.2) is 22.4 Å². The van der Waals surface area contributed by atoms with E-state index in [2.05, 4.69) is 47.6 Å². The Labute approximate surface area is 198 Å². The molecule has 2 heteroatoms. The number of aliphatic hydroxyl groups is 2. The Kier molecular flexibility index (Phi) is 7.25. The molecule has 10 atom stereocenters. The van der Waals surface area contributed by atoms with Gasteiger partial charge in [0.15, 0.2) is 0 Å². The van der Waals surface area contributed by atoms with Crippen LogP contribution in [0.3, 0.4) is 0 Å². The molecule has 0 saturated heterocycles. The van der Waals surface area contributed by atoms with Crippen molar-refractivity contribution < 1.29 is 10.2 Å². The molecule has 4 rings (SSSR count). The summed E-state index contributed by atoms with van der Waals surface area (Å²) in [4.78, 5) is 0. The maximum Gasteiger partial charge on any atom is 0.0577 e. The van der Waals surface area contributed by atoms with Gasteiger partial charge in [0.1, 0.15) is 0 Å². The molecule has 32 heavy (non-hydrogen) atoms. The van der Waals surface area contributed by atoms with Crippen LogP contribution >= 0.6 is 0 Å². The first-order chi connectivity index (χ1) is 15.1. The van der Waals surface area contributed by atoms with Crippen molar-refractivity contribution in [3.05, 3.63) is 11.6 Å². The molecule has 0 aromatic rings. The van der Waals surface area contributed by atoms with Gasteiger partial charge in [-0.15, -0.1) is 0 Å². The van der Waals surface area contributed by atoms with E-state index in [1.165, 1.54) is 51.4 Å². The van der Waals surface area contributed by atoms with Gasteiger partial charge in [-0.1, -0.05) is 66.0 Å². The first-order valence-electron chi connectivity index (χ1n) is 14.2. The first kappa shape index (κ1) is 24.8. The summed E-state index contributed by atoms with van der Waals surface area (Å²) in [6.45, 7) is 14.5. The fourth-order valence-electron chi connectivity index (χ4n) is 9.43. The predicted octanol–water partition coefficient (Wildman–Crippen LogP) is 7.39. The summed E-state index contributed by atoms with van der Waals surface area (Å²) >= 11 is 0. The van der Waals surface area contributed by atoms with Gasteiger partial charge in [0.2, 0.25) is 0 Å². The monoisotopic (exact) mass is 444 g/mol. The van der Waals surface area contributed by atoms with Crippen molar-refractivity contribution in [1.29, 1.82) is 0 Å². The van der Waals surface area contributed by atoms with E-state index in [9.17, 15) is 10.2 Å². The molecule has 0 aromatic heterocycles. The lowest BCUT2D eigenvalue weighted by atomic mass is 9.47. The molecule has 0 bridgehead atoms. The minimum atomic E-state index is -0.151. The molecule has 0 radical (unpaired) electrons. The normalized spacial score (nSPS) is 44.3. The zero-order valence-electron chi connectivity index (χ0n) is 21.9. The molecule has 4 aliphatic carbocycles. The van der Waals surface area contributed by atoms with Gasteiger partial charge >= 0.3 is 0 Å². The molecule has 4 unspecified atom stereocenters. The molecule has 0 heterocycles. The van der Waals surface area contributed by atoms with Gasteiger partial charge in [-0.05, 0) is 110 Å². The minimum Gasteiger partial charge on any atom is -0.393 e. The Balaban J connectivity index is 1.49. The van der Waals surface area contributed by atoms with E-state index in [0.717, 1.165) is 37.0 Å². The van der Waals surface area contributed by atoms with Crippen molar-refractivity contribution in [2.75, 3.05) is 0 Å². The highest BCUT2D eigenvalue weighted by Gasteiger charge is 2.59. The van der Waals surface area contributed by atoms with Gasteiger partial charge in [-0.25, -0.2) is 0 Å². The first-order valence-corrected chi connectivity index (χ1v) is 14.2. The fraction of sp³-hybridized carbons (Fsp3) is 0.933. The largest absolute Gasteiger partial charge is 0.393 e. The predicted molar refractivity (Wildman–Crippen MR) is 134 cm³/mol. The molecule has 0 aliphatic heterocycles.